The van der Waals surface area contributed by atoms with Gasteiger partial charge in [0.15, 0.2) is 0 Å². The molecule has 2 aromatic carbocycles. The van der Waals surface area contributed by atoms with Crippen molar-refractivity contribution in [3.63, 3.8) is 0 Å². The third-order valence-corrected chi connectivity index (χ3v) is 3.89. The highest BCUT2D eigenvalue weighted by Gasteiger charge is 2.19. The van der Waals surface area contributed by atoms with Crippen molar-refractivity contribution in [2.24, 2.45) is 0 Å². The Morgan fingerprint density at radius 2 is 1.61 bits per heavy atom. The van der Waals surface area contributed by atoms with Gasteiger partial charge in [0.2, 0.25) is 0 Å². The first-order valence-electron chi connectivity index (χ1n) is 7.44. The molecular weight excluding hydrogens is 282 g/mol. The number of rotatable bonds is 2. The Labute approximate surface area is 136 Å². The number of nitrogen functional groups attached to an aromatic ring is 1. The van der Waals surface area contributed by atoms with Gasteiger partial charge in [-0.05, 0) is 25.0 Å². The van der Waals surface area contributed by atoms with Crippen molar-refractivity contribution in [2.45, 2.75) is 13.8 Å². The lowest BCUT2D eigenvalue weighted by Gasteiger charge is -2.16. The summed E-state index contributed by atoms with van der Waals surface area (Å²) in [5.41, 5.74) is 12.2. The fraction of sp³-hybridized carbons (Fsp3) is 0.100. The first kappa shape index (κ1) is 14.8. The fourth-order valence-corrected chi connectivity index (χ4v) is 2.89. The second-order valence-corrected chi connectivity index (χ2v) is 5.55. The summed E-state index contributed by atoms with van der Waals surface area (Å²) in [6, 6.07) is 20.3. The molecule has 0 saturated heterocycles. The third-order valence-electron chi connectivity index (χ3n) is 3.89. The molecule has 0 saturated carbocycles. The molecule has 0 spiro atoms. The molecule has 0 aliphatic heterocycles. The van der Waals surface area contributed by atoms with Crippen LogP contribution >= 0.6 is 0 Å². The van der Waals surface area contributed by atoms with E-state index in [0.717, 1.165) is 33.5 Å². The largest absolute Gasteiger partial charge is 0.383 e. The standard InChI is InChI=1S/C20H17N3/c1-13-7-6-10-16(11-13)19-17(12-21)20(22)23-14(2)18(19)15-8-4-3-5-9-15/h3-11H,1-2H3,(H2,22,23). The normalized spacial score (nSPS) is 10.3. The zero-order valence-corrected chi connectivity index (χ0v) is 13.2. The third kappa shape index (κ3) is 2.67. The first-order chi connectivity index (χ1) is 11.1. The lowest BCUT2D eigenvalue weighted by molar-refractivity contribution is 1.20. The second kappa shape index (κ2) is 5.94. The molecule has 3 rings (SSSR count). The van der Waals surface area contributed by atoms with Gasteiger partial charge >= 0.3 is 0 Å². The van der Waals surface area contributed by atoms with Crippen molar-refractivity contribution in [3.8, 4) is 28.3 Å². The molecule has 1 heterocycles. The van der Waals surface area contributed by atoms with Crippen LogP contribution in [0.5, 0.6) is 0 Å². The number of aromatic nitrogens is 1. The minimum absolute atomic E-state index is 0.279. The van der Waals surface area contributed by atoms with Crippen molar-refractivity contribution in [3.05, 3.63) is 71.4 Å². The van der Waals surface area contributed by atoms with Crippen LogP contribution in [-0.4, -0.2) is 4.98 Å². The predicted molar refractivity (Wildman–Crippen MR) is 93.7 cm³/mol. The van der Waals surface area contributed by atoms with E-state index in [9.17, 15) is 5.26 Å². The van der Waals surface area contributed by atoms with Crippen LogP contribution in [0.3, 0.4) is 0 Å². The van der Waals surface area contributed by atoms with Crippen LogP contribution in [0.2, 0.25) is 0 Å². The van der Waals surface area contributed by atoms with Gasteiger partial charge < -0.3 is 5.73 Å². The molecule has 0 radical (unpaired) electrons. The summed E-state index contributed by atoms with van der Waals surface area (Å²) in [5.74, 6) is 0.279. The van der Waals surface area contributed by atoms with Crippen LogP contribution < -0.4 is 5.73 Å². The molecule has 3 heteroatoms. The Bertz CT molecular complexity index is 906. The van der Waals surface area contributed by atoms with E-state index >= 15 is 0 Å². The molecule has 0 bridgehead atoms. The number of aryl methyl sites for hydroxylation is 2. The average Bonchev–Trinajstić information content (AvgIpc) is 2.55. The molecule has 0 aliphatic rings. The number of anilines is 1. The van der Waals surface area contributed by atoms with Gasteiger partial charge in [-0.2, -0.15) is 5.26 Å². The summed E-state index contributed by atoms with van der Waals surface area (Å²) in [6.45, 7) is 3.97. The maximum Gasteiger partial charge on any atom is 0.142 e. The second-order valence-electron chi connectivity index (χ2n) is 5.55. The van der Waals surface area contributed by atoms with Crippen molar-refractivity contribution in [2.75, 3.05) is 5.73 Å². The lowest BCUT2D eigenvalue weighted by Crippen LogP contribution is -2.03. The molecule has 3 aromatic rings. The Morgan fingerprint density at radius 3 is 2.26 bits per heavy atom. The molecule has 0 aliphatic carbocycles. The zero-order valence-electron chi connectivity index (χ0n) is 13.2. The topological polar surface area (TPSA) is 62.7 Å². The summed E-state index contributed by atoms with van der Waals surface area (Å²) in [4.78, 5) is 4.38. The highest BCUT2D eigenvalue weighted by molar-refractivity contribution is 5.91. The Kier molecular flexibility index (Phi) is 3.82. The summed E-state index contributed by atoms with van der Waals surface area (Å²) >= 11 is 0. The van der Waals surface area contributed by atoms with Gasteiger partial charge in [-0.1, -0.05) is 60.2 Å². The summed E-state index contributed by atoms with van der Waals surface area (Å²) < 4.78 is 0. The number of nitriles is 1. The van der Waals surface area contributed by atoms with Crippen LogP contribution in [0, 0.1) is 25.2 Å². The van der Waals surface area contributed by atoms with E-state index in [2.05, 4.69) is 17.1 Å². The van der Waals surface area contributed by atoms with Crippen LogP contribution in [-0.2, 0) is 0 Å². The summed E-state index contributed by atoms with van der Waals surface area (Å²) in [5, 5.41) is 9.62. The first-order valence-corrected chi connectivity index (χ1v) is 7.44. The van der Waals surface area contributed by atoms with Crippen molar-refractivity contribution < 1.29 is 0 Å². The monoisotopic (exact) mass is 299 g/mol. The van der Waals surface area contributed by atoms with Gasteiger partial charge in [0.1, 0.15) is 17.5 Å². The summed E-state index contributed by atoms with van der Waals surface area (Å²) in [6.07, 6.45) is 0. The maximum atomic E-state index is 9.62. The van der Waals surface area contributed by atoms with Gasteiger partial charge in [0.25, 0.3) is 0 Å². The van der Waals surface area contributed by atoms with Gasteiger partial charge in [-0.25, -0.2) is 4.98 Å². The van der Waals surface area contributed by atoms with Crippen LogP contribution in [0.25, 0.3) is 22.3 Å². The van der Waals surface area contributed by atoms with Crippen molar-refractivity contribution in [1.29, 1.82) is 5.26 Å². The molecule has 0 amide bonds. The quantitative estimate of drug-likeness (QED) is 0.758. The molecular formula is C20H17N3. The van der Waals surface area contributed by atoms with Gasteiger partial charge in [-0.15, -0.1) is 0 Å². The molecule has 0 fully saturated rings. The Balaban J connectivity index is 2.43. The minimum Gasteiger partial charge on any atom is -0.383 e. The Morgan fingerprint density at radius 1 is 0.913 bits per heavy atom. The maximum absolute atomic E-state index is 9.62. The SMILES string of the molecule is Cc1cccc(-c2c(C#N)c(N)nc(C)c2-c2ccccc2)c1. The van der Waals surface area contributed by atoms with Gasteiger partial charge in [0, 0.05) is 16.8 Å². The van der Waals surface area contributed by atoms with Gasteiger partial charge in [-0.3, -0.25) is 0 Å². The number of nitrogens with two attached hydrogens (primary N) is 1. The molecule has 2 N–H and O–H groups in total. The van der Waals surface area contributed by atoms with Crippen LogP contribution in [0.4, 0.5) is 5.82 Å². The van der Waals surface area contributed by atoms with E-state index in [4.69, 9.17) is 5.73 Å². The summed E-state index contributed by atoms with van der Waals surface area (Å²) in [7, 11) is 0. The number of hydrogen-bond acceptors (Lipinski definition) is 3. The van der Waals surface area contributed by atoms with E-state index < -0.39 is 0 Å². The molecule has 23 heavy (non-hydrogen) atoms. The van der Waals surface area contributed by atoms with Gasteiger partial charge in [0.05, 0.1) is 0 Å². The Hall–Kier alpha value is -3.12. The number of nitrogens with zero attached hydrogens (tertiary/aromatic N) is 2. The highest BCUT2D eigenvalue weighted by atomic mass is 14.8. The molecule has 112 valence electrons. The van der Waals surface area contributed by atoms with E-state index in [1.54, 1.807) is 0 Å². The smallest absolute Gasteiger partial charge is 0.142 e. The van der Waals surface area contributed by atoms with Crippen molar-refractivity contribution in [1.82, 2.24) is 4.98 Å². The molecule has 0 unspecified atom stereocenters. The number of benzene rings is 2. The highest BCUT2D eigenvalue weighted by Crippen LogP contribution is 2.38. The van der Waals surface area contributed by atoms with E-state index in [1.807, 2.05) is 62.4 Å². The van der Waals surface area contributed by atoms with E-state index in [-0.39, 0.29) is 5.82 Å². The van der Waals surface area contributed by atoms with Crippen molar-refractivity contribution >= 4 is 5.82 Å². The molecule has 3 nitrogen and oxygen atoms in total. The van der Waals surface area contributed by atoms with Crippen LogP contribution in [0.1, 0.15) is 16.8 Å². The van der Waals surface area contributed by atoms with E-state index in [1.165, 1.54) is 0 Å². The predicted octanol–water partition coefficient (Wildman–Crippen LogP) is 4.49. The number of pyridine rings is 1. The van der Waals surface area contributed by atoms with Crippen LogP contribution in [0.15, 0.2) is 54.6 Å². The zero-order chi connectivity index (χ0) is 16.4. The average molecular weight is 299 g/mol. The van der Waals surface area contributed by atoms with E-state index in [0.29, 0.717) is 5.56 Å². The number of hydrogen-bond donors (Lipinski definition) is 1. The molecule has 0 atom stereocenters. The fourth-order valence-electron chi connectivity index (χ4n) is 2.89. The molecule has 1 aromatic heterocycles. The minimum atomic E-state index is 0.279. The lowest BCUT2D eigenvalue weighted by atomic mass is 9.89.